The lowest BCUT2D eigenvalue weighted by molar-refractivity contribution is 0.325. The molecule has 0 amide bonds. The zero-order chi connectivity index (χ0) is 19.5. The van der Waals surface area contributed by atoms with Crippen LogP contribution in [0.25, 0.3) is 5.76 Å². The Kier molecular flexibility index (Phi) is 5.18. The van der Waals surface area contributed by atoms with E-state index in [1.807, 2.05) is 30.5 Å². The van der Waals surface area contributed by atoms with Gasteiger partial charge in [0, 0.05) is 10.4 Å². The van der Waals surface area contributed by atoms with E-state index in [1.165, 1.54) is 12.0 Å². The van der Waals surface area contributed by atoms with Gasteiger partial charge in [-0.1, -0.05) is 12.1 Å². The molecule has 0 bridgehead atoms. The van der Waals surface area contributed by atoms with Gasteiger partial charge < -0.3 is 14.2 Å². The molecule has 1 aliphatic heterocycles. The van der Waals surface area contributed by atoms with Crippen LogP contribution in [0, 0.1) is 11.3 Å². The summed E-state index contributed by atoms with van der Waals surface area (Å²) in [5, 5.41) is 11.9. The van der Waals surface area contributed by atoms with Crippen LogP contribution in [-0.4, -0.2) is 20.1 Å². The number of thiophene rings is 1. The fourth-order valence-corrected chi connectivity index (χ4v) is 4.52. The van der Waals surface area contributed by atoms with E-state index >= 15 is 0 Å². The number of ether oxygens (including phenoxy) is 3. The maximum Gasteiger partial charge on any atom is 0.236 e. The van der Waals surface area contributed by atoms with Gasteiger partial charge in [-0.3, -0.25) is 0 Å². The van der Waals surface area contributed by atoms with Crippen molar-refractivity contribution in [3.05, 3.63) is 68.7 Å². The first-order valence-corrected chi connectivity index (χ1v) is 10.0. The summed E-state index contributed by atoms with van der Waals surface area (Å²) in [5.74, 6) is 1.70. The minimum absolute atomic E-state index is 0.151. The van der Waals surface area contributed by atoms with E-state index in [1.54, 1.807) is 18.4 Å². The van der Waals surface area contributed by atoms with Crippen LogP contribution in [0.2, 0.25) is 0 Å². The number of benzene rings is 1. The molecule has 1 aromatic carbocycles. The lowest BCUT2D eigenvalue weighted by Gasteiger charge is -2.32. The van der Waals surface area contributed by atoms with Crippen molar-refractivity contribution in [2.45, 2.75) is 25.7 Å². The fourth-order valence-electron chi connectivity index (χ4n) is 3.65. The Balaban J connectivity index is 1.88. The van der Waals surface area contributed by atoms with Crippen molar-refractivity contribution in [1.82, 2.24) is 0 Å². The monoisotopic (exact) mass is 392 g/mol. The summed E-state index contributed by atoms with van der Waals surface area (Å²) in [6, 6.07) is 12.4. The minimum Gasteiger partial charge on any atom is -0.497 e. The quantitative estimate of drug-likeness (QED) is 0.529. The van der Waals surface area contributed by atoms with Crippen LogP contribution >= 0.6 is 11.3 Å². The first kappa shape index (κ1) is 18.3. The fraction of sp³-hybridized carbons (Fsp3) is 0.273. The molecule has 5 nitrogen and oxygen atoms in total. The van der Waals surface area contributed by atoms with Crippen LogP contribution in [0.4, 0.5) is 0 Å². The molecule has 0 N–H and O–H groups in total. The van der Waals surface area contributed by atoms with Crippen molar-refractivity contribution in [2.75, 3.05) is 13.7 Å². The molecule has 4 rings (SSSR count). The van der Waals surface area contributed by atoms with E-state index in [0.29, 0.717) is 18.1 Å². The molecule has 0 fully saturated rings. The zero-order valence-corrected chi connectivity index (χ0v) is 16.6. The zero-order valence-electron chi connectivity index (χ0n) is 15.8. The average Bonchev–Trinajstić information content (AvgIpc) is 3.26. The average molecular weight is 392 g/mol. The largest absolute Gasteiger partial charge is 0.497 e. The summed E-state index contributed by atoms with van der Waals surface area (Å²) in [6.45, 7) is 2.38. The normalized spacial score (nSPS) is 18.4. The van der Waals surface area contributed by atoms with E-state index in [-0.39, 0.29) is 5.92 Å². The van der Waals surface area contributed by atoms with Crippen LogP contribution < -0.4 is 4.74 Å². The Hall–Kier alpha value is -3.04. The highest BCUT2D eigenvalue weighted by atomic mass is 32.1. The maximum absolute atomic E-state index is 9.91. The number of rotatable bonds is 5. The van der Waals surface area contributed by atoms with Gasteiger partial charge in [0.05, 0.1) is 19.6 Å². The number of hydrogen-bond acceptors (Lipinski definition) is 6. The Morgan fingerprint density at radius 2 is 2.25 bits per heavy atom. The van der Waals surface area contributed by atoms with Crippen LogP contribution in [0.5, 0.6) is 5.75 Å². The summed E-state index contributed by atoms with van der Waals surface area (Å²) >= 11 is 1.64. The number of methoxy groups -OCH3 is 1. The van der Waals surface area contributed by atoms with Crippen LogP contribution in [-0.2, 0) is 15.9 Å². The molecule has 0 saturated carbocycles. The summed E-state index contributed by atoms with van der Waals surface area (Å²) in [4.78, 5) is 5.43. The summed E-state index contributed by atoms with van der Waals surface area (Å²) in [7, 11) is 1.65. The Morgan fingerprint density at radius 3 is 2.96 bits per heavy atom. The van der Waals surface area contributed by atoms with Crippen molar-refractivity contribution in [1.29, 1.82) is 5.26 Å². The molecule has 0 radical (unpaired) electrons. The predicted octanol–water partition coefficient (Wildman–Crippen LogP) is 5.03. The first-order valence-electron chi connectivity index (χ1n) is 9.16. The number of aryl methyl sites for hydroxylation is 1. The number of fused-ring (bicyclic) bond motifs is 2. The number of nitrogens with zero attached hydrogens (tertiary/aromatic N) is 2. The summed E-state index contributed by atoms with van der Waals surface area (Å²) in [6.07, 6.45) is 3.09. The molecular formula is C22H20N2O3S. The van der Waals surface area contributed by atoms with Gasteiger partial charge in [0.25, 0.3) is 0 Å². The maximum atomic E-state index is 9.91. The lowest BCUT2D eigenvalue weighted by Crippen LogP contribution is -2.19. The van der Waals surface area contributed by atoms with Gasteiger partial charge in [0.1, 0.15) is 23.2 Å². The summed E-state index contributed by atoms with van der Waals surface area (Å²) < 4.78 is 16.9. The van der Waals surface area contributed by atoms with Crippen molar-refractivity contribution >= 4 is 23.5 Å². The third-order valence-electron chi connectivity index (χ3n) is 4.94. The molecule has 0 spiro atoms. The third-order valence-corrected chi connectivity index (χ3v) is 5.88. The molecule has 2 heterocycles. The van der Waals surface area contributed by atoms with Crippen molar-refractivity contribution in [2.24, 2.45) is 4.99 Å². The van der Waals surface area contributed by atoms with Gasteiger partial charge >= 0.3 is 0 Å². The van der Waals surface area contributed by atoms with Gasteiger partial charge in [0.2, 0.25) is 5.88 Å². The SMILES string of the molecule is CCOC=NC1=C(C#N)C(c2cccs2)C2=C(O1)c1cc(OC)ccc1CC2. The second kappa shape index (κ2) is 7.91. The van der Waals surface area contributed by atoms with E-state index < -0.39 is 0 Å². The topological polar surface area (TPSA) is 63.8 Å². The highest BCUT2D eigenvalue weighted by Crippen LogP contribution is 2.49. The molecule has 2 aromatic rings. The van der Waals surface area contributed by atoms with Crippen molar-refractivity contribution in [3.8, 4) is 11.8 Å². The number of allylic oxidation sites excluding steroid dienone is 2. The number of nitriles is 1. The second-order valence-corrected chi connectivity index (χ2v) is 7.43. The molecule has 6 heteroatoms. The molecule has 1 aliphatic carbocycles. The molecule has 1 aromatic heterocycles. The third kappa shape index (κ3) is 3.19. The van der Waals surface area contributed by atoms with Gasteiger partial charge in [-0.2, -0.15) is 10.3 Å². The Labute approximate surface area is 168 Å². The molecule has 28 heavy (non-hydrogen) atoms. The lowest BCUT2D eigenvalue weighted by atomic mass is 9.79. The van der Waals surface area contributed by atoms with E-state index in [2.05, 4.69) is 23.2 Å². The van der Waals surface area contributed by atoms with Crippen LogP contribution in [0.15, 0.2) is 57.7 Å². The van der Waals surface area contributed by atoms with Gasteiger partial charge in [-0.25, -0.2) is 0 Å². The highest BCUT2D eigenvalue weighted by molar-refractivity contribution is 7.10. The molecule has 1 atom stereocenters. The highest BCUT2D eigenvalue weighted by Gasteiger charge is 2.37. The van der Waals surface area contributed by atoms with Crippen molar-refractivity contribution < 1.29 is 14.2 Å². The smallest absolute Gasteiger partial charge is 0.236 e. The molecule has 2 aliphatic rings. The van der Waals surface area contributed by atoms with Crippen molar-refractivity contribution in [3.63, 3.8) is 0 Å². The van der Waals surface area contributed by atoms with Crippen LogP contribution in [0.1, 0.15) is 35.3 Å². The Bertz CT molecular complexity index is 1010. The van der Waals surface area contributed by atoms with Gasteiger partial charge in [-0.15, -0.1) is 11.3 Å². The molecular weight excluding hydrogens is 372 g/mol. The standard InChI is InChI=1S/C22H20N2O3S/c1-3-26-13-24-22-18(12-23)20(19-5-4-10-28-19)16-9-7-14-6-8-15(25-2)11-17(14)21(16)27-22/h4-6,8,10-11,13,20H,3,7,9H2,1-2H3. The number of aliphatic imine (C=N–C) groups is 1. The van der Waals surface area contributed by atoms with Gasteiger partial charge in [0.15, 0.2) is 6.40 Å². The van der Waals surface area contributed by atoms with E-state index in [0.717, 1.165) is 40.4 Å². The second-order valence-electron chi connectivity index (χ2n) is 6.45. The molecule has 142 valence electrons. The van der Waals surface area contributed by atoms with E-state index in [4.69, 9.17) is 14.2 Å². The van der Waals surface area contributed by atoms with Crippen LogP contribution in [0.3, 0.4) is 0 Å². The first-order chi connectivity index (χ1) is 13.8. The Morgan fingerprint density at radius 1 is 1.36 bits per heavy atom. The van der Waals surface area contributed by atoms with Gasteiger partial charge in [-0.05, 0) is 54.5 Å². The van der Waals surface area contributed by atoms with E-state index in [9.17, 15) is 5.26 Å². The molecule has 0 saturated heterocycles. The minimum atomic E-state index is -0.151. The summed E-state index contributed by atoms with van der Waals surface area (Å²) in [5.41, 5.74) is 3.85. The predicted molar refractivity (Wildman–Crippen MR) is 109 cm³/mol. The molecule has 1 unspecified atom stereocenters. The number of hydrogen-bond donors (Lipinski definition) is 0.